The van der Waals surface area contributed by atoms with Crippen molar-refractivity contribution in [3.05, 3.63) is 59.2 Å². The highest BCUT2D eigenvalue weighted by atomic mass is 16.6. The smallest absolute Gasteiger partial charge is 0.344 e. The Morgan fingerprint density at radius 3 is 2.47 bits per heavy atom. The summed E-state index contributed by atoms with van der Waals surface area (Å²) in [5.41, 5.74) is 12.1. The highest BCUT2D eigenvalue weighted by Crippen LogP contribution is 2.32. The summed E-state index contributed by atoms with van der Waals surface area (Å²) >= 11 is 0. The molecule has 2 aromatic carbocycles. The zero-order chi connectivity index (χ0) is 21.4. The van der Waals surface area contributed by atoms with E-state index in [4.69, 9.17) is 25.2 Å². The number of anilines is 1. The molecule has 0 amide bonds. The first-order valence-electron chi connectivity index (χ1n) is 9.75. The van der Waals surface area contributed by atoms with Crippen LogP contribution in [0.25, 0.3) is 27.9 Å². The molecular formula is C23H24N4O3. The van der Waals surface area contributed by atoms with Crippen LogP contribution in [0.15, 0.2) is 42.5 Å². The average molecular weight is 404 g/mol. The van der Waals surface area contributed by atoms with Gasteiger partial charge < -0.3 is 15.2 Å². The second kappa shape index (κ2) is 7.76. The number of nitrogens with zero attached hydrogens (tertiary/aromatic N) is 3. The molecule has 2 N–H and O–H groups in total. The van der Waals surface area contributed by atoms with Gasteiger partial charge in [-0.05, 0) is 56.2 Å². The number of hydrogen-bond donors (Lipinski definition) is 1. The summed E-state index contributed by atoms with van der Waals surface area (Å²) in [6.07, 6.45) is -0.421. The lowest BCUT2D eigenvalue weighted by Gasteiger charge is -2.12. The quantitative estimate of drug-likeness (QED) is 0.506. The van der Waals surface area contributed by atoms with E-state index in [1.54, 1.807) is 18.6 Å². The molecule has 0 unspecified atom stereocenters. The molecular weight excluding hydrogens is 380 g/mol. The van der Waals surface area contributed by atoms with Gasteiger partial charge in [0.15, 0.2) is 5.65 Å². The molecule has 0 aliphatic carbocycles. The zero-order valence-corrected chi connectivity index (χ0v) is 17.5. The number of rotatable bonds is 5. The maximum atomic E-state index is 13.0. The number of para-hydroxylation sites is 2. The highest BCUT2D eigenvalue weighted by Gasteiger charge is 2.27. The van der Waals surface area contributed by atoms with E-state index in [0.29, 0.717) is 16.7 Å². The minimum atomic E-state index is -0.547. The van der Waals surface area contributed by atoms with E-state index < -0.39 is 12.1 Å². The second-order valence-corrected chi connectivity index (χ2v) is 7.42. The number of aryl methyl sites for hydroxylation is 2. The van der Waals surface area contributed by atoms with Crippen molar-refractivity contribution in [3.8, 4) is 5.69 Å². The van der Waals surface area contributed by atoms with Crippen LogP contribution >= 0.6 is 0 Å². The molecule has 4 aromatic rings. The van der Waals surface area contributed by atoms with E-state index in [9.17, 15) is 4.79 Å². The third-order valence-electron chi connectivity index (χ3n) is 5.16. The topological polar surface area (TPSA) is 92.3 Å². The molecule has 7 nitrogen and oxygen atoms in total. The monoisotopic (exact) mass is 404 g/mol. The van der Waals surface area contributed by atoms with Crippen molar-refractivity contribution in [1.82, 2.24) is 14.5 Å². The van der Waals surface area contributed by atoms with Crippen LogP contribution in [0.5, 0.6) is 0 Å². The first-order chi connectivity index (χ1) is 14.4. The molecule has 0 aliphatic heterocycles. The SMILES string of the molecule is COC[C@@H](C)OC(=O)c1c(N)n(-c2ccc(C)c(C)c2)c2nc3ccccc3nc12. The van der Waals surface area contributed by atoms with Crippen LogP contribution in [0.1, 0.15) is 28.4 Å². The first kappa shape index (κ1) is 19.8. The molecule has 2 aromatic heterocycles. The van der Waals surface area contributed by atoms with Crippen LogP contribution in [-0.4, -0.2) is 40.3 Å². The molecule has 0 fully saturated rings. The lowest BCUT2D eigenvalue weighted by atomic mass is 10.1. The van der Waals surface area contributed by atoms with Crippen molar-refractivity contribution < 1.29 is 14.3 Å². The van der Waals surface area contributed by atoms with Gasteiger partial charge in [0.1, 0.15) is 23.0 Å². The van der Waals surface area contributed by atoms with Gasteiger partial charge in [0, 0.05) is 12.8 Å². The fraction of sp³-hybridized carbons (Fsp3) is 0.261. The Morgan fingerprint density at radius 2 is 1.80 bits per heavy atom. The van der Waals surface area contributed by atoms with Gasteiger partial charge >= 0.3 is 5.97 Å². The molecule has 0 spiro atoms. The fourth-order valence-electron chi connectivity index (χ4n) is 3.50. The number of nitrogens with two attached hydrogens (primary N) is 1. The van der Waals surface area contributed by atoms with Crippen LogP contribution in [0.2, 0.25) is 0 Å². The number of carbonyl (C=O) groups is 1. The highest BCUT2D eigenvalue weighted by molar-refractivity contribution is 6.09. The van der Waals surface area contributed by atoms with Gasteiger partial charge in [-0.1, -0.05) is 18.2 Å². The normalized spacial score (nSPS) is 12.4. The first-order valence-corrected chi connectivity index (χ1v) is 9.75. The maximum Gasteiger partial charge on any atom is 0.344 e. The predicted octanol–water partition coefficient (Wildman–Crippen LogP) is 3.96. The minimum Gasteiger partial charge on any atom is -0.456 e. The largest absolute Gasteiger partial charge is 0.456 e. The molecule has 0 aliphatic rings. The standard InChI is InChI=1S/C23H24N4O3/c1-13-9-10-16(11-14(13)2)27-21(24)19(23(28)30-15(3)12-29-4)20-22(27)26-18-8-6-5-7-17(18)25-20/h5-11,15H,12,24H2,1-4H3/t15-/m1/s1. The Morgan fingerprint density at radius 1 is 1.10 bits per heavy atom. The van der Waals surface area contributed by atoms with Crippen molar-refractivity contribution in [2.75, 3.05) is 19.5 Å². The van der Waals surface area contributed by atoms with Crippen LogP contribution in [0.4, 0.5) is 5.82 Å². The van der Waals surface area contributed by atoms with Gasteiger partial charge in [-0.3, -0.25) is 4.57 Å². The van der Waals surface area contributed by atoms with E-state index in [2.05, 4.69) is 0 Å². The molecule has 30 heavy (non-hydrogen) atoms. The Labute approximate surface area is 174 Å². The van der Waals surface area contributed by atoms with Crippen LogP contribution in [0, 0.1) is 13.8 Å². The number of aromatic nitrogens is 3. The van der Waals surface area contributed by atoms with Crippen LogP contribution in [-0.2, 0) is 9.47 Å². The van der Waals surface area contributed by atoms with Crippen molar-refractivity contribution in [1.29, 1.82) is 0 Å². The van der Waals surface area contributed by atoms with E-state index >= 15 is 0 Å². The minimum absolute atomic E-state index is 0.212. The van der Waals surface area contributed by atoms with E-state index in [-0.39, 0.29) is 18.0 Å². The summed E-state index contributed by atoms with van der Waals surface area (Å²) < 4.78 is 12.4. The van der Waals surface area contributed by atoms with Crippen LogP contribution < -0.4 is 5.73 Å². The summed E-state index contributed by atoms with van der Waals surface area (Å²) in [4.78, 5) is 22.5. The van der Waals surface area contributed by atoms with Crippen molar-refractivity contribution in [2.24, 2.45) is 0 Å². The molecule has 0 saturated carbocycles. The molecule has 1 atom stereocenters. The van der Waals surface area contributed by atoms with Crippen molar-refractivity contribution >= 4 is 34.0 Å². The fourth-order valence-corrected chi connectivity index (χ4v) is 3.50. The Balaban J connectivity index is 1.98. The van der Waals surface area contributed by atoms with Crippen molar-refractivity contribution in [2.45, 2.75) is 26.9 Å². The number of benzene rings is 2. The third-order valence-corrected chi connectivity index (χ3v) is 5.16. The number of nitrogen functional groups attached to an aromatic ring is 1. The zero-order valence-electron chi connectivity index (χ0n) is 17.5. The summed E-state index contributed by atoms with van der Waals surface area (Å²) in [5, 5.41) is 0. The lowest BCUT2D eigenvalue weighted by molar-refractivity contribution is 0.0123. The van der Waals surface area contributed by atoms with Gasteiger partial charge in [-0.2, -0.15) is 0 Å². The molecule has 0 bridgehead atoms. The van der Waals surface area contributed by atoms with Gasteiger partial charge in [-0.15, -0.1) is 0 Å². The Hall–Kier alpha value is -3.45. The molecule has 0 radical (unpaired) electrons. The molecule has 2 heterocycles. The third kappa shape index (κ3) is 3.37. The lowest BCUT2D eigenvalue weighted by Crippen LogP contribution is -2.20. The summed E-state index contributed by atoms with van der Waals surface area (Å²) in [6.45, 7) is 6.13. The number of carbonyl (C=O) groups excluding carboxylic acids is 1. The predicted molar refractivity (Wildman–Crippen MR) is 117 cm³/mol. The number of methoxy groups -OCH3 is 1. The van der Waals surface area contributed by atoms with Gasteiger partial charge in [0.05, 0.1) is 17.6 Å². The van der Waals surface area contributed by atoms with E-state index in [1.165, 1.54) is 5.56 Å². The average Bonchev–Trinajstić information content (AvgIpc) is 2.99. The molecule has 7 heteroatoms. The number of esters is 1. The summed E-state index contributed by atoms with van der Waals surface area (Å²) in [6, 6.07) is 13.5. The Bertz CT molecular complexity index is 1260. The number of ether oxygens (including phenoxy) is 2. The number of hydrogen-bond acceptors (Lipinski definition) is 6. The van der Waals surface area contributed by atoms with Crippen molar-refractivity contribution in [3.63, 3.8) is 0 Å². The molecule has 0 saturated heterocycles. The van der Waals surface area contributed by atoms with E-state index in [1.807, 2.05) is 56.3 Å². The van der Waals surface area contributed by atoms with Gasteiger partial charge in [-0.25, -0.2) is 14.8 Å². The molecule has 4 rings (SSSR count). The van der Waals surface area contributed by atoms with Gasteiger partial charge in [0.25, 0.3) is 0 Å². The van der Waals surface area contributed by atoms with Gasteiger partial charge in [0.2, 0.25) is 0 Å². The summed E-state index contributed by atoms with van der Waals surface area (Å²) in [7, 11) is 1.56. The maximum absolute atomic E-state index is 13.0. The number of fused-ring (bicyclic) bond motifs is 2. The van der Waals surface area contributed by atoms with E-state index in [0.717, 1.165) is 16.8 Å². The second-order valence-electron chi connectivity index (χ2n) is 7.42. The summed E-state index contributed by atoms with van der Waals surface area (Å²) in [5.74, 6) is -0.299. The Kier molecular flexibility index (Phi) is 5.13. The molecule has 154 valence electrons. The van der Waals surface area contributed by atoms with Crippen LogP contribution in [0.3, 0.4) is 0 Å².